The van der Waals surface area contributed by atoms with Crippen LogP contribution in [-0.4, -0.2) is 92.5 Å². The number of ether oxygens (including phenoxy) is 3. The Morgan fingerprint density at radius 2 is 1.98 bits per heavy atom. The van der Waals surface area contributed by atoms with Crippen LogP contribution in [-0.2, 0) is 14.3 Å². The highest BCUT2D eigenvalue weighted by Gasteiger charge is 2.50. The third-order valence-electron chi connectivity index (χ3n) is 10.2. The van der Waals surface area contributed by atoms with Gasteiger partial charge >= 0.3 is 5.97 Å². The summed E-state index contributed by atoms with van der Waals surface area (Å²) in [6.45, 7) is 4.05. The molecule has 5 aromatic rings. The van der Waals surface area contributed by atoms with Crippen molar-refractivity contribution in [3.05, 3.63) is 65.9 Å². The molecule has 9 rings (SSSR count). The molecule has 1 spiro atoms. The number of halogens is 2. The Bertz CT molecular complexity index is 2220. The molecule has 0 unspecified atom stereocenters. The van der Waals surface area contributed by atoms with Gasteiger partial charge in [-0.25, -0.2) is 28.5 Å². The number of morpholine rings is 1. The molecule has 4 aromatic heterocycles. The van der Waals surface area contributed by atoms with E-state index in [0.29, 0.717) is 60.5 Å². The van der Waals surface area contributed by atoms with Crippen molar-refractivity contribution < 1.29 is 37.3 Å². The van der Waals surface area contributed by atoms with Crippen molar-refractivity contribution in [2.24, 2.45) is 0 Å². The summed E-state index contributed by atoms with van der Waals surface area (Å²) in [5.41, 5.74) is 2.46. The minimum atomic E-state index is -2.98. The summed E-state index contributed by atoms with van der Waals surface area (Å²) in [6, 6.07) is 9.90. The smallest absolute Gasteiger partial charge is 0.326 e. The van der Waals surface area contributed by atoms with Crippen molar-refractivity contribution in [2.45, 2.75) is 62.4 Å². The van der Waals surface area contributed by atoms with E-state index in [9.17, 15) is 18.7 Å². The van der Waals surface area contributed by atoms with Gasteiger partial charge in [0, 0.05) is 30.1 Å². The molecule has 4 fully saturated rings. The highest BCUT2D eigenvalue weighted by atomic mass is 19.3. The lowest BCUT2D eigenvalue weighted by Gasteiger charge is -2.53. The van der Waals surface area contributed by atoms with Crippen molar-refractivity contribution in [1.82, 2.24) is 24.7 Å². The molecule has 4 aliphatic rings. The Morgan fingerprint density at radius 3 is 2.75 bits per heavy atom. The van der Waals surface area contributed by atoms with Crippen LogP contribution in [0.3, 0.4) is 0 Å². The molecule has 0 amide bonds. The van der Waals surface area contributed by atoms with Crippen LogP contribution in [0.25, 0.3) is 22.1 Å². The van der Waals surface area contributed by atoms with E-state index in [0.717, 1.165) is 18.5 Å². The quantitative estimate of drug-likeness (QED) is 0.235. The standard InChI is InChI=1S/C36H33F2N7O6/c1-20-36(18-48-19-36)49-13-12-43(20)26-14-21(6-7-23-10-11-40-45(23)22-8-9-22)16-39-34(26)50-24-15-27(35(46)47)44(17-24)33-30-29(41-32(42-33)31(37)38)25-4-2-3-5-28(25)51-30/h2-5,10-11,14,16,20,22,24,27,31H,8-9,12-13,15,17-19H2,1H3,(H,46,47)/t20-,24-,27-/m0/s1. The maximum Gasteiger partial charge on any atom is 0.326 e. The van der Waals surface area contributed by atoms with E-state index in [1.807, 2.05) is 16.8 Å². The van der Waals surface area contributed by atoms with Crippen LogP contribution in [0.4, 0.5) is 20.3 Å². The number of pyridine rings is 1. The van der Waals surface area contributed by atoms with E-state index in [-0.39, 0.29) is 35.9 Å². The van der Waals surface area contributed by atoms with Crippen molar-refractivity contribution in [3.63, 3.8) is 0 Å². The lowest BCUT2D eigenvalue weighted by Crippen LogP contribution is -2.68. The van der Waals surface area contributed by atoms with Crippen LogP contribution in [0.2, 0.25) is 0 Å². The maximum atomic E-state index is 14.1. The molecule has 3 atom stereocenters. The minimum Gasteiger partial charge on any atom is -0.480 e. The van der Waals surface area contributed by atoms with Crippen molar-refractivity contribution in [3.8, 4) is 17.7 Å². The number of rotatable bonds is 7. The summed E-state index contributed by atoms with van der Waals surface area (Å²) in [5, 5.41) is 15.3. The Kier molecular flexibility index (Phi) is 7.55. The monoisotopic (exact) mass is 697 g/mol. The predicted octanol–water partition coefficient (Wildman–Crippen LogP) is 4.74. The number of nitrogens with zero attached hydrogens (tertiary/aromatic N) is 7. The fourth-order valence-corrected chi connectivity index (χ4v) is 7.26. The van der Waals surface area contributed by atoms with Gasteiger partial charge in [0.05, 0.1) is 44.6 Å². The molecule has 15 heteroatoms. The lowest BCUT2D eigenvalue weighted by molar-refractivity contribution is -0.228. The molecule has 1 N–H and O–H groups in total. The van der Waals surface area contributed by atoms with Gasteiger partial charge < -0.3 is 33.5 Å². The van der Waals surface area contributed by atoms with Gasteiger partial charge in [-0.05, 0) is 50.0 Å². The Hall–Kier alpha value is -5.33. The van der Waals surface area contributed by atoms with E-state index in [2.05, 4.69) is 38.7 Å². The predicted molar refractivity (Wildman–Crippen MR) is 179 cm³/mol. The van der Waals surface area contributed by atoms with Gasteiger partial charge in [0.2, 0.25) is 5.88 Å². The van der Waals surface area contributed by atoms with Crippen molar-refractivity contribution in [2.75, 3.05) is 42.7 Å². The van der Waals surface area contributed by atoms with Gasteiger partial charge in [-0.1, -0.05) is 18.1 Å². The average molecular weight is 698 g/mol. The number of carboxylic acid groups (broad SMARTS) is 1. The van der Waals surface area contributed by atoms with Gasteiger partial charge in [-0.3, -0.25) is 4.68 Å². The van der Waals surface area contributed by atoms with Crippen LogP contribution >= 0.6 is 0 Å². The number of carboxylic acids is 1. The normalized spacial score (nSPS) is 22.8. The molecular weight excluding hydrogens is 664 g/mol. The van der Waals surface area contributed by atoms with Crippen LogP contribution < -0.4 is 14.5 Å². The number of aliphatic carboxylic acids is 1. The second kappa shape index (κ2) is 12.2. The van der Waals surface area contributed by atoms with E-state index in [1.165, 1.54) is 4.90 Å². The van der Waals surface area contributed by atoms with Crippen LogP contribution in [0.5, 0.6) is 5.88 Å². The van der Waals surface area contributed by atoms with Gasteiger partial charge in [0.15, 0.2) is 17.2 Å². The molecule has 3 aliphatic heterocycles. The molecule has 3 saturated heterocycles. The fourth-order valence-electron chi connectivity index (χ4n) is 7.26. The average Bonchev–Trinajstić information content (AvgIpc) is 3.50. The Balaban J connectivity index is 1.07. The highest BCUT2D eigenvalue weighted by Crippen LogP contribution is 2.41. The summed E-state index contributed by atoms with van der Waals surface area (Å²) < 4.78 is 54.5. The summed E-state index contributed by atoms with van der Waals surface area (Å²) in [7, 11) is 0. The first-order valence-corrected chi connectivity index (χ1v) is 17.0. The minimum absolute atomic E-state index is 0.0209. The lowest BCUT2D eigenvalue weighted by atomic mass is 9.90. The molecule has 1 saturated carbocycles. The van der Waals surface area contributed by atoms with Gasteiger partial charge in [-0.15, -0.1) is 0 Å². The molecule has 1 aromatic carbocycles. The zero-order valence-corrected chi connectivity index (χ0v) is 27.5. The number of furan rings is 1. The molecule has 7 heterocycles. The molecule has 51 heavy (non-hydrogen) atoms. The Morgan fingerprint density at radius 1 is 1.14 bits per heavy atom. The second-order valence-electron chi connectivity index (χ2n) is 13.4. The van der Waals surface area contributed by atoms with Gasteiger partial charge in [-0.2, -0.15) is 5.10 Å². The topological polar surface area (TPSA) is 141 Å². The number of para-hydroxylation sites is 1. The first kappa shape index (κ1) is 31.6. The third-order valence-corrected chi connectivity index (χ3v) is 10.2. The molecule has 0 bridgehead atoms. The highest BCUT2D eigenvalue weighted by molar-refractivity contribution is 6.06. The first-order valence-electron chi connectivity index (χ1n) is 17.0. The van der Waals surface area contributed by atoms with E-state index in [1.54, 1.807) is 36.7 Å². The van der Waals surface area contributed by atoms with E-state index >= 15 is 0 Å². The fraction of sp³-hybridized carbons (Fsp3) is 0.417. The van der Waals surface area contributed by atoms with Gasteiger partial charge in [0.25, 0.3) is 6.43 Å². The number of hydrogen-bond donors (Lipinski definition) is 1. The SMILES string of the molecule is C[C@@H]1N(c2cc(C#Cc3ccnn3C3CC3)cnc2O[C@H]2C[C@@H](C(=O)O)N(c3nc(C(F)F)nc4c3oc3ccccc34)C2)CCOC12COC2. The van der Waals surface area contributed by atoms with Gasteiger partial charge in [0.1, 0.15) is 40.2 Å². The molecule has 13 nitrogen and oxygen atoms in total. The summed E-state index contributed by atoms with van der Waals surface area (Å²) in [6.07, 6.45) is 1.92. The Labute approximate surface area is 290 Å². The van der Waals surface area contributed by atoms with Crippen molar-refractivity contribution >= 4 is 39.5 Å². The van der Waals surface area contributed by atoms with E-state index < -0.39 is 36.0 Å². The number of aromatic nitrogens is 5. The number of anilines is 2. The van der Waals surface area contributed by atoms with Crippen LogP contribution in [0.1, 0.15) is 55.7 Å². The third kappa shape index (κ3) is 5.49. The molecule has 1 aliphatic carbocycles. The zero-order valence-electron chi connectivity index (χ0n) is 27.5. The number of alkyl halides is 2. The number of carbonyl (C=O) groups is 1. The summed E-state index contributed by atoms with van der Waals surface area (Å²) in [5.74, 6) is 4.89. The molecule has 262 valence electrons. The summed E-state index contributed by atoms with van der Waals surface area (Å²) in [4.78, 5) is 29.3. The molecule has 0 radical (unpaired) electrons. The largest absolute Gasteiger partial charge is 0.480 e. The number of hydrogen-bond acceptors (Lipinski definition) is 11. The first-order chi connectivity index (χ1) is 24.8. The molecular formula is C36H33F2N7O6. The number of fused-ring (bicyclic) bond motifs is 3. The van der Waals surface area contributed by atoms with E-state index in [4.69, 9.17) is 23.6 Å². The van der Waals surface area contributed by atoms with Crippen LogP contribution in [0, 0.1) is 11.8 Å². The zero-order chi connectivity index (χ0) is 34.9. The second-order valence-corrected chi connectivity index (χ2v) is 13.4. The summed E-state index contributed by atoms with van der Waals surface area (Å²) >= 11 is 0. The maximum absolute atomic E-state index is 14.1. The van der Waals surface area contributed by atoms with Crippen molar-refractivity contribution in [1.29, 1.82) is 0 Å². The number of benzene rings is 1. The van der Waals surface area contributed by atoms with Crippen LogP contribution in [0.15, 0.2) is 53.2 Å².